The molecule has 0 aliphatic carbocycles. The highest BCUT2D eigenvalue weighted by molar-refractivity contribution is 7.61. The minimum Gasteiger partial charge on any atom is -0.479 e. The van der Waals surface area contributed by atoms with E-state index in [1.165, 1.54) is 0 Å². The number of hydrogen-bond acceptors (Lipinski definition) is 15. The standard InChI is InChI=1S/C15H22N2O18P2/c18-5-1-2-17(15(26)16-5)12-9(22)6(19)4(32-12)3-31-36(27,28)35-37(29,30)34-14-10(23)7(20)8(21)11(33-14)13(24)25/h1-2,4,6-12,14,19-23H,3H2,(H,24,25)(H,27,28)(H,29,30)(H,16,18,26)/t4-,6-,7+,8+,9-,10-,11-,12-,14-/m1/s1. The van der Waals surface area contributed by atoms with Crippen LogP contribution in [0.2, 0.25) is 0 Å². The molecular weight excluding hydrogens is 558 g/mol. The van der Waals surface area contributed by atoms with Crippen LogP contribution in [-0.4, -0.2) is 112 Å². The number of H-pyrrole nitrogens is 1. The third-order valence-corrected chi connectivity index (χ3v) is 7.72. The second-order valence-corrected chi connectivity index (χ2v) is 10.7. The number of aromatic nitrogens is 2. The first-order chi connectivity index (χ1) is 17.0. The molecule has 37 heavy (non-hydrogen) atoms. The van der Waals surface area contributed by atoms with Gasteiger partial charge < -0.3 is 49.9 Å². The zero-order valence-corrected chi connectivity index (χ0v) is 19.8. The Bertz CT molecular complexity index is 1200. The fraction of sp³-hybridized carbons (Fsp3) is 0.667. The van der Waals surface area contributed by atoms with Crippen molar-refractivity contribution < 1.29 is 77.2 Å². The number of ether oxygens (including phenoxy) is 2. The van der Waals surface area contributed by atoms with Crippen molar-refractivity contribution in [3.63, 3.8) is 0 Å². The summed E-state index contributed by atoms with van der Waals surface area (Å²) in [5.74, 6) is -1.85. The lowest BCUT2D eigenvalue weighted by molar-refractivity contribution is -0.274. The highest BCUT2D eigenvalue weighted by Crippen LogP contribution is 2.61. The number of carboxylic acids is 1. The fourth-order valence-electron chi connectivity index (χ4n) is 3.34. The van der Waals surface area contributed by atoms with Crippen LogP contribution in [0.15, 0.2) is 21.9 Å². The molecule has 0 spiro atoms. The number of phosphoric ester groups is 2. The molecule has 20 nitrogen and oxygen atoms in total. The minimum absolute atomic E-state index is 0.700. The summed E-state index contributed by atoms with van der Waals surface area (Å²) in [6.07, 6.45) is -17.2. The van der Waals surface area contributed by atoms with Crippen LogP contribution in [0.4, 0.5) is 0 Å². The lowest BCUT2D eigenvalue weighted by atomic mass is 9.99. The molecule has 2 fully saturated rings. The van der Waals surface area contributed by atoms with Gasteiger partial charge in [0.15, 0.2) is 18.6 Å². The number of hydrogen-bond donors (Lipinski definition) is 9. The van der Waals surface area contributed by atoms with Crippen LogP contribution in [0.5, 0.6) is 0 Å². The van der Waals surface area contributed by atoms with Crippen molar-refractivity contribution in [2.24, 2.45) is 0 Å². The molecule has 11 atom stereocenters. The van der Waals surface area contributed by atoms with E-state index in [9.17, 15) is 58.8 Å². The summed E-state index contributed by atoms with van der Waals surface area (Å²) < 4.78 is 47.6. The number of aromatic amines is 1. The van der Waals surface area contributed by atoms with E-state index in [0.29, 0.717) is 4.57 Å². The van der Waals surface area contributed by atoms with Crippen LogP contribution in [0.1, 0.15) is 6.23 Å². The highest BCUT2D eigenvalue weighted by atomic mass is 31.3. The maximum absolute atomic E-state index is 12.2. The topological polar surface area (TPSA) is 314 Å². The molecule has 2 unspecified atom stereocenters. The van der Waals surface area contributed by atoms with Crippen LogP contribution in [0.25, 0.3) is 0 Å². The van der Waals surface area contributed by atoms with Crippen molar-refractivity contribution in [3.8, 4) is 0 Å². The van der Waals surface area contributed by atoms with Gasteiger partial charge >= 0.3 is 27.3 Å². The molecular formula is C15H22N2O18P2. The van der Waals surface area contributed by atoms with Gasteiger partial charge in [-0.15, -0.1) is 0 Å². The highest BCUT2D eigenvalue weighted by Gasteiger charge is 2.51. The largest absolute Gasteiger partial charge is 0.483 e. The van der Waals surface area contributed by atoms with Gasteiger partial charge in [-0.25, -0.2) is 18.7 Å². The van der Waals surface area contributed by atoms with E-state index in [0.717, 1.165) is 12.3 Å². The second kappa shape index (κ2) is 11.1. The Hall–Kier alpha value is -1.87. The SMILES string of the molecule is O=C(O)[C@@H]1O[C@H](OP(=O)(O)OP(=O)(O)OC[C@H]2O[C@@H](n3ccc(=O)[nH]c3=O)[C@H](O)[C@@H]2O)[C@H](O)[C@@H](O)[C@@H]1O. The van der Waals surface area contributed by atoms with E-state index in [1.807, 2.05) is 4.98 Å². The lowest BCUT2D eigenvalue weighted by Crippen LogP contribution is -2.60. The zero-order valence-electron chi connectivity index (χ0n) is 18.1. The summed E-state index contributed by atoms with van der Waals surface area (Å²) in [7, 11) is -11.3. The molecule has 0 radical (unpaired) electrons. The maximum atomic E-state index is 12.2. The van der Waals surface area contributed by atoms with Gasteiger partial charge in [0.1, 0.15) is 36.6 Å². The second-order valence-electron chi connectivity index (χ2n) is 7.72. The molecule has 1 aromatic heterocycles. The number of aliphatic hydroxyl groups excluding tert-OH is 5. The Morgan fingerprint density at radius 1 is 0.973 bits per heavy atom. The van der Waals surface area contributed by atoms with E-state index in [4.69, 9.17) is 9.84 Å². The number of aliphatic hydroxyl groups is 5. The van der Waals surface area contributed by atoms with Crippen LogP contribution in [0, 0.1) is 0 Å². The van der Waals surface area contributed by atoms with Crippen molar-refractivity contribution in [2.75, 3.05) is 6.61 Å². The molecule has 9 N–H and O–H groups in total. The van der Waals surface area contributed by atoms with E-state index in [2.05, 4.69) is 18.1 Å². The summed E-state index contributed by atoms with van der Waals surface area (Å²) in [6.45, 7) is -1.07. The Balaban J connectivity index is 1.63. The Morgan fingerprint density at radius 3 is 2.22 bits per heavy atom. The van der Waals surface area contributed by atoms with E-state index in [1.54, 1.807) is 0 Å². The fourth-order valence-corrected chi connectivity index (χ4v) is 5.49. The maximum Gasteiger partial charge on any atom is 0.483 e. The molecule has 0 aromatic carbocycles. The molecule has 210 valence electrons. The normalized spacial score (nSPS) is 37.5. The average molecular weight is 580 g/mol. The predicted octanol–water partition coefficient (Wildman–Crippen LogP) is -4.70. The van der Waals surface area contributed by atoms with Crippen LogP contribution in [0.3, 0.4) is 0 Å². The van der Waals surface area contributed by atoms with Crippen molar-refractivity contribution in [1.29, 1.82) is 0 Å². The Morgan fingerprint density at radius 2 is 1.62 bits per heavy atom. The van der Waals surface area contributed by atoms with Gasteiger partial charge in [0.25, 0.3) is 5.56 Å². The van der Waals surface area contributed by atoms with Crippen molar-refractivity contribution in [2.45, 2.75) is 55.2 Å². The number of nitrogens with zero attached hydrogens (tertiary/aromatic N) is 1. The number of carboxylic acid groups (broad SMARTS) is 1. The minimum atomic E-state index is -5.72. The van der Waals surface area contributed by atoms with E-state index >= 15 is 0 Å². The van der Waals surface area contributed by atoms with Crippen molar-refractivity contribution in [3.05, 3.63) is 33.1 Å². The van der Waals surface area contributed by atoms with Gasteiger partial charge in [0.2, 0.25) is 0 Å². The summed E-state index contributed by atoms with van der Waals surface area (Å²) in [6, 6.07) is 0.910. The smallest absolute Gasteiger partial charge is 0.479 e. The van der Waals surface area contributed by atoms with Gasteiger partial charge in [-0.3, -0.25) is 23.4 Å². The van der Waals surface area contributed by atoms with E-state index < -0.39 is 94.7 Å². The van der Waals surface area contributed by atoms with Crippen LogP contribution in [-0.2, 0) is 36.8 Å². The molecule has 2 aliphatic heterocycles. The molecule has 0 amide bonds. The summed E-state index contributed by atoms with van der Waals surface area (Å²) in [4.78, 5) is 55.5. The Labute approximate surface area is 204 Å². The first kappa shape index (κ1) is 29.7. The van der Waals surface area contributed by atoms with E-state index in [-0.39, 0.29) is 0 Å². The Kier molecular flexibility index (Phi) is 8.89. The third-order valence-electron chi connectivity index (χ3n) is 5.12. The van der Waals surface area contributed by atoms with Gasteiger partial charge in [-0.1, -0.05) is 0 Å². The van der Waals surface area contributed by atoms with Gasteiger partial charge in [0.05, 0.1) is 6.61 Å². The number of phosphoric acid groups is 2. The van der Waals surface area contributed by atoms with Gasteiger partial charge in [-0.2, -0.15) is 4.31 Å². The monoisotopic (exact) mass is 580 g/mol. The number of carbonyl (C=O) groups is 1. The predicted molar refractivity (Wildman–Crippen MR) is 109 cm³/mol. The molecule has 3 heterocycles. The van der Waals surface area contributed by atoms with Gasteiger partial charge in [0, 0.05) is 12.3 Å². The van der Waals surface area contributed by atoms with Crippen LogP contribution < -0.4 is 11.2 Å². The first-order valence-corrected chi connectivity index (χ1v) is 13.0. The summed E-state index contributed by atoms with van der Waals surface area (Å²) in [5.41, 5.74) is -1.78. The van der Waals surface area contributed by atoms with Crippen LogP contribution >= 0.6 is 15.6 Å². The quantitative estimate of drug-likeness (QED) is 0.124. The molecule has 3 rings (SSSR count). The average Bonchev–Trinajstić information content (AvgIpc) is 3.05. The molecule has 0 bridgehead atoms. The van der Waals surface area contributed by atoms with Gasteiger partial charge in [-0.05, 0) is 0 Å². The third kappa shape index (κ3) is 6.77. The summed E-state index contributed by atoms with van der Waals surface area (Å²) in [5, 5.41) is 58.3. The van der Waals surface area contributed by atoms with Crippen molar-refractivity contribution >= 4 is 21.6 Å². The molecule has 1 aromatic rings. The molecule has 0 saturated carbocycles. The number of aliphatic carboxylic acids is 1. The first-order valence-electron chi connectivity index (χ1n) is 9.98. The van der Waals surface area contributed by atoms with Crippen molar-refractivity contribution in [1.82, 2.24) is 9.55 Å². The molecule has 2 saturated heterocycles. The molecule has 22 heteroatoms. The number of nitrogens with one attached hydrogen (secondary N) is 1. The lowest BCUT2D eigenvalue weighted by Gasteiger charge is -2.38. The molecule has 2 aliphatic rings. The summed E-state index contributed by atoms with van der Waals surface area (Å²) >= 11 is 0. The number of rotatable bonds is 9. The zero-order chi connectivity index (χ0) is 27.9.